The Morgan fingerprint density at radius 2 is 1.73 bits per heavy atom. The molecule has 1 aromatic carbocycles. The smallest absolute Gasteiger partial charge is 0.246 e. The third kappa shape index (κ3) is 2.90. The van der Waals surface area contributed by atoms with Gasteiger partial charge in [0.2, 0.25) is 5.54 Å². The number of ketones is 1. The van der Waals surface area contributed by atoms with Crippen molar-refractivity contribution >= 4 is 5.78 Å². The molecule has 0 bridgehead atoms. The fourth-order valence-electron chi connectivity index (χ4n) is 2.63. The van der Waals surface area contributed by atoms with E-state index in [1.54, 1.807) is 13.8 Å². The highest BCUT2D eigenvalue weighted by atomic mass is 16.6. The molecular formula is C17H23NO4. The molecule has 0 saturated heterocycles. The SMILES string of the molecule is CC(C)(C)C(=O)CC1OC(C(C)(C)[N+](=O)[O-])c2ccccc21. The molecule has 0 spiro atoms. The Labute approximate surface area is 130 Å². The zero-order valence-electron chi connectivity index (χ0n) is 13.8. The molecule has 120 valence electrons. The van der Waals surface area contributed by atoms with Crippen LogP contribution in [0.3, 0.4) is 0 Å². The van der Waals surface area contributed by atoms with E-state index in [2.05, 4.69) is 0 Å². The van der Waals surface area contributed by atoms with Crippen LogP contribution in [0.15, 0.2) is 24.3 Å². The van der Waals surface area contributed by atoms with Gasteiger partial charge in [0.25, 0.3) is 0 Å². The predicted molar refractivity (Wildman–Crippen MR) is 83.2 cm³/mol. The molecule has 2 rings (SSSR count). The molecule has 0 fully saturated rings. The number of Topliss-reactive ketones (excluding diaryl/α,β-unsaturated/α-hetero) is 1. The van der Waals surface area contributed by atoms with Crippen LogP contribution in [0.2, 0.25) is 0 Å². The zero-order chi connectivity index (χ0) is 16.7. The molecule has 0 saturated carbocycles. The summed E-state index contributed by atoms with van der Waals surface area (Å²) < 4.78 is 5.96. The number of hydrogen-bond acceptors (Lipinski definition) is 4. The van der Waals surface area contributed by atoms with E-state index in [0.717, 1.165) is 11.1 Å². The van der Waals surface area contributed by atoms with E-state index in [1.807, 2.05) is 45.0 Å². The van der Waals surface area contributed by atoms with E-state index < -0.39 is 23.2 Å². The maximum atomic E-state index is 12.3. The molecule has 2 atom stereocenters. The molecule has 0 aromatic heterocycles. The first kappa shape index (κ1) is 16.6. The highest BCUT2D eigenvalue weighted by molar-refractivity contribution is 5.84. The first-order valence-electron chi connectivity index (χ1n) is 7.47. The van der Waals surface area contributed by atoms with Gasteiger partial charge >= 0.3 is 0 Å². The number of carbonyl (C=O) groups is 1. The first-order chi connectivity index (χ1) is 10.0. The second-order valence-corrected chi connectivity index (χ2v) is 7.42. The number of fused-ring (bicyclic) bond motifs is 1. The van der Waals surface area contributed by atoms with Gasteiger partial charge in [-0.2, -0.15) is 0 Å². The molecule has 5 nitrogen and oxygen atoms in total. The third-order valence-corrected chi connectivity index (χ3v) is 4.25. The summed E-state index contributed by atoms with van der Waals surface area (Å²) >= 11 is 0. The minimum Gasteiger partial charge on any atom is -0.358 e. The molecule has 0 aliphatic carbocycles. The number of nitro groups is 1. The lowest BCUT2D eigenvalue weighted by Gasteiger charge is -2.24. The van der Waals surface area contributed by atoms with E-state index >= 15 is 0 Å². The summed E-state index contributed by atoms with van der Waals surface area (Å²) in [5, 5.41) is 11.4. The fourth-order valence-corrected chi connectivity index (χ4v) is 2.63. The topological polar surface area (TPSA) is 69.4 Å². The largest absolute Gasteiger partial charge is 0.358 e. The van der Waals surface area contributed by atoms with Crippen LogP contribution >= 0.6 is 0 Å². The Kier molecular flexibility index (Phi) is 4.13. The van der Waals surface area contributed by atoms with E-state index in [9.17, 15) is 14.9 Å². The van der Waals surface area contributed by atoms with Gasteiger partial charge in [-0.3, -0.25) is 14.9 Å². The molecule has 1 heterocycles. The van der Waals surface area contributed by atoms with Crippen LogP contribution in [-0.2, 0) is 9.53 Å². The van der Waals surface area contributed by atoms with Gasteiger partial charge in [0.05, 0.1) is 6.10 Å². The van der Waals surface area contributed by atoms with Gasteiger partial charge < -0.3 is 4.74 Å². The van der Waals surface area contributed by atoms with Crippen molar-refractivity contribution in [3.63, 3.8) is 0 Å². The second kappa shape index (κ2) is 5.47. The Balaban J connectivity index is 2.34. The zero-order valence-corrected chi connectivity index (χ0v) is 13.8. The summed E-state index contributed by atoms with van der Waals surface area (Å²) in [7, 11) is 0. The van der Waals surface area contributed by atoms with Crippen molar-refractivity contribution in [2.75, 3.05) is 0 Å². The maximum Gasteiger partial charge on any atom is 0.246 e. The highest BCUT2D eigenvalue weighted by Crippen LogP contribution is 2.47. The normalized spacial score (nSPS) is 21.5. The lowest BCUT2D eigenvalue weighted by molar-refractivity contribution is -0.576. The van der Waals surface area contributed by atoms with Crippen LogP contribution < -0.4 is 0 Å². The third-order valence-electron chi connectivity index (χ3n) is 4.25. The van der Waals surface area contributed by atoms with E-state index in [0.29, 0.717) is 0 Å². The summed E-state index contributed by atoms with van der Waals surface area (Å²) in [6.07, 6.45) is -0.811. The summed E-state index contributed by atoms with van der Waals surface area (Å²) in [4.78, 5) is 23.4. The van der Waals surface area contributed by atoms with Gasteiger partial charge in [-0.1, -0.05) is 45.0 Å². The van der Waals surface area contributed by atoms with Crippen molar-refractivity contribution in [1.82, 2.24) is 0 Å². The Morgan fingerprint density at radius 3 is 2.23 bits per heavy atom. The number of rotatable bonds is 4. The number of benzene rings is 1. The van der Waals surface area contributed by atoms with Gasteiger partial charge in [-0.15, -0.1) is 0 Å². The second-order valence-electron chi connectivity index (χ2n) is 7.42. The minimum atomic E-state index is -1.24. The van der Waals surface area contributed by atoms with Crippen LogP contribution in [0.25, 0.3) is 0 Å². The van der Waals surface area contributed by atoms with Crippen LogP contribution in [0.1, 0.15) is 64.4 Å². The Morgan fingerprint density at radius 1 is 1.18 bits per heavy atom. The van der Waals surface area contributed by atoms with Crippen molar-refractivity contribution in [3.05, 3.63) is 45.5 Å². The van der Waals surface area contributed by atoms with Gasteiger partial charge in [0.15, 0.2) is 6.10 Å². The van der Waals surface area contributed by atoms with Crippen molar-refractivity contribution in [3.8, 4) is 0 Å². The minimum absolute atomic E-state index is 0.0897. The Hall–Kier alpha value is -1.75. The van der Waals surface area contributed by atoms with Crippen LogP contribution in [0.5, 0.6) is 0 Å². The van der Waals surface area contributed by atoms with E-state index in [4.69, 9.17) is 4.74 Å². The average molecular weight is 305 g/mol. The maximum absolute atomic E-state index is 12.3. The first-order valence-corrected chi connectivity index (χ1v) is 7.47. The highest BCUT2D eigenvalue weighted by Gasteiger charge is 2.49. The van der Waals surface area contributed by atoms with E-state index in [-0.39, 0.29) is 17.1 Å². The number of carbonyl (C=O) groups excluding carboxylic acids is 1. The number of ether oxygens (including phenoxy) is 1. The molecule has 1 aromatic rings. The van der Waals surface area contributed by atoms with Crippen LogP contribution in [0, 0.1) is 15.5 Å². The standard InChI is InChI=1S/C17H23NO4/c1-16(2,3)14(19)10-13-11-8-6-7-9-12(11)15(22-13)17(4,5)18(20)21/h6-9,13,15H,10H2,1-5H3. The average Bonchev–Trinajstić information content (AvgIpc) is 2.77. The molecule has 1 aliphatic heterocycles. The quantitative estimate of drug-likeness (QED) is 0.625. The van der Waals surface area contributed by atoms with Crippen molar-refractivity contribution in [1.29, 1.82) is 0 Å². The summed E-state index contributed by atoms with van der Waals surface area (Å²) in [5.74, 6) is 0.0897. The molecule has 1 aliphatic rings. The van der Waals surface area contributed by atoms with Crippen molar-refractivity contribution < 1.29 is 14.5 Å². The lowest BCUT2D eigenvalue weighted by atomic mass is 9.85. The molecular weight excluding hydrogens is 282 g/mol. The lowest BCUT2D eigenvalue weighted by Crippen LogP contribution is -2.38. The molecule has 0 radical (unpaired) electrons. The fraction of sp³-hybridized carbons (Fsp3) is 0.588. The molecule has 0 amide bonds. The number of hydrogen-bond donors (Lipinski definition) is 0. The van der Waals surface area contributed by atoms with E-state index in [1.165, 1.54) is 0 Å². The monoisotopic (exact) mass is 305 g/mol. The number of nitrogens with zero attached hydrogens (tertiary/aromatic N) is 1. The van der Waals surface area contributed by atoms with Crippen molar-refractivity contribution in [2.24, 2.45) is 5.41 Å². The van der Waals surface area contributed by atoms with Crippen molar-refractivity contribution in [2.45, 2.75) is 58.8 Å². The summed E-state index contributed by atoms with van der Waals surface area (Å²) in [6, 6.07) is 7.47. The van der Waals surface area contributed by atoms with Gasteiger partial charge in [0, 0.05) is 30.6 Å². The van der Waals surface area contributed by atoms with Gasteiger partial charge in [-0.05, 0) is 11.1 Å². The summed E-state index contributed by atoms with van der Waals surface area (Å²) in [6.45, 7) is 8.72. The molecule has 0 N–H and O–H groups in total. The molecule has 2 unspecified atom stereocenters. The van der Waals surface area contributed by atoms with Gasteiger partial charge in [-0.25, -0.2) is 0 Å². The van der Waals surface area contributed by atoms with Gasteiger partial charge in [0.1, 0.15) is 5.78 Å². The Bertz CT molecular complexity index is 601. The van der Waals surface area contributed by atoms with Crippen LogP contribution in [0.4, 0.5) is 0 Å². The van der Waals surface area contributed by atoms with Crippen LogP contribution in [-0.4, -0.2) is 16.2 Å². The summed E-state index contributed by atoms with van der Waals surface area (Å²) in [5.41, 5.74) is 0.0147. The molecule has 22 heavy (non-hydrogen) atoms. The predicted octanol–water partition coefficient (Wildman–Crippen LogP) is 3.86. The molecule has 5 heteroatoms.